The van der Waals surface area contributed by atoms with E-state index in [2.05, 4.69) is 30.0 Å². The van der Waals surface area contributed by atoms with Gasteiger partial charge >= 0.3 is 0 Å². The summed E-state index contributed by atoms with van der Waals surface area (Å²) in [4.78, 5) is 18.9. The molecule has 190 valence electrons. The van der Waals surface area contributed by atoms with Gasteiger partial charge in [-0.05, 0) is 56.1 Å². The molecule has 3 N–H and O–H groups in total. The SMILES string of the molecule is CN(C)CCOc1cncc(-c2ccc3[nH]nc(-c4nc5c(-c6cc(O)cc(F)c6)nccc5[nH]4)c3c2)c1. The highest BCUT2D eigenvalue weighted by atomic mass is 19.1. The Hall–Kier alpha value is -4.83. The average Bonchev–Trinajstić information content (AvgIpc) is 3.51. The molecule has 0 unspecified atom stereocenters. The molecule has 10 heteroatoms. The molecule has 0 amide bonds. The van der Waals surface area contributed by atoms with E-state index in [1.165, 1.54) is 12.1 Å². The van der Waals surface area contributed by atoms with Crippen molar-refractivity contribution in [3.63, 3.8) is 0 Å². The second kappa shape index (κ2) is 9.56. The van der Waals surface area contributed by atoms with E-state index in [4.69, 9.17) is 9.72 Å². The Morgan fingerprint density at radius 1 is 0.947 bits per heavy atom. The van der Waals surface area contributed by atoms with E-state index in [-0.39, 0.29) is 5.75 Å². The Morgan fingerprint density at radius 2 is 1.84 bits per heavy atom. The summed E-state index contributed by atoms with van der Waals surface area (Å²) in [5.41, 5.74) is 5.52. The van der Waals surface area contributed by atoms with Crippen molar-refractivity contribution >= 4 is 21.9 Å². The Bertz CT molecular complexity index is 1760. The van der Waals surface area contributed by atoms with Crippen LogP contribution in [-0.2, 0) is 0 Å². The normalized spacial score (nSPS) is 11.6. The van der Waals surface area contributed by atoms with Crippen molar-refractivity contribution in [2.24, 2.45) is 0 Å². The number of phenols is 1. The number of aromatic amines is 2. The third-order valence-electron chi connectivity index (χ3n) is 6.20. The molecular weight excluding hydrogens is 485 g/mol. The molecule has 9 nitrogen and oxygen atoms in total. The first kappa shape index (κ1) is 23.6. The van der Waals surface area contributed by atoms with Crippen molar-refractivity contribution in [3.05, 3.63) is 72.9 Å². The lowest BCUT2D eigenvalue weighted by molar-refractivity contribution is 0.261. The van der Waals surface area contributed by atoms with E-state index in [1.54, 1.807) is 24.7 Å². The van der Waals surface area contributed by atoms with Crippen molar-refractivity contribution in [1.29, 1.82) is 0 Å². The summed E-state index contributed by atoms with van der Waals surface area (Å²) in [6, 6.07) is 13.6. The molecular formula is C28H24FN7O2. The van der Waals surface area contributed by atoms with Gasteiger partial charge in [0.05, 0.1) is 22.9 Å². The Kier molecular flexibility index (Phi) is 5.93. The Labute approximate surface area is 217 Å². The predicted molar refractivity (Wildman–Crippen MR) is 143 cm³/mol. The summed E-state index contributed by atoms with van der Waals surface area (Å²) in [5, 5.41) is 18.3. The number of nitrogens with zero attached hydrogens (tertiary/aromatic N) is 5. The minimum absolute atomic E-state index is 0.179. The summed E-state index contributed by atoms with van der Waals surface area (Å²) >= 11 is 0. The van der Waals surface area contributed by atoms with E-state index >= 15 is 0 Å². The van der Waals surface area contributed by atoms with Gasteiger partial charge in [-0.1, -0.05) is 6.07 Å². The van der Waals surface area contributed by atoms with Crippen LogP contribution in [0.3, 0.4) is 0 Å². The molecule has 0 aliphatic rings. The number of nitrogens with one attached hydrogen (secondary N) is 2. The number of phenolic OH excluding ortho intramolecular Hbond substituents is 1. The van der Waals surface area contributed by atoms with Crippen LogP contribution in [0.4, 0.5) is 4.39 Å². The topological polar surface area (TPSA) is 116 Å². The number of H-pyrrole nitrogens is 2. The van der Waals surface area contributed by atoms with Gasteiger partial charge in [0.1, 0.15) is 35.1 Å². The van der Waals surface area contributed by atoms with Crippen LogP contribution in [0.5, 0.6) is 11.5 Å². The van der Waals surface area contributed by atoms with E-state index in [1.807, 2.05) is 38.4 Å². The van der Waals surface area contributed by atoms with Gasteiger partial charge in [-0.25, -0.2) is 9.37 Å². The number of aromatic hydroxyl groups is 1. The molecule has 38 heavy (non-hydrogen) atoms. The van der Waals surface area contributed by atoms with Crippen molar-refractivity contribution < 1.29 is 14.2 Å². The summed E-state index contributed by atoms with van der Waals surface area (Å²) in [6.07, 6.45) is 5.12. The van der Waals surface area contributed by atoms with Crippen LogP contribution < -0.4 is 4.74 Å². The summed E-state index contributed by atoms with van der Waals surface area (Å²) in [7, 11) is 4.00. The van der Waals surface area contributed by atoms with E-state index in [0.717, 1.165) is 34.6 Å². The number of fused-ring (bicyclic) bond motifs is 2. The zero-order valence-corrected chi connectivity index (χ0v) is 20.7. The average molecular weight is 510 g/mol. The smallest absolute Gasteiger partial charge is 0.159 e. The molecule has 0 bridgehead atoms. The number of rotatable bonds is 7. The number of aromatic nitrogens is 6. The summed E-state index contributed by atoms with van der Waals surface area (Å²) in [6.45, 7) is 1.38. The summed E-state index contributed by atoms with van der Waals surface area (Å²) in [5.74, 6) is 0.513. The van der Waals surface area contributed by atoms with Gasteiger partial charge in [0.15, 0.2) is 5.82 Å². The van der Waals surface area contributed by atoms with Crippen molar-refractivity contribution in [1.82, 2.24) is 35.0 Å². The molecule has 6 rings (SSSR count). The lowest BCUT2D eigenvalue weighted by atomic mass is 10.0. The molecule has 4 heterocycles. The lowest BCUT2D eigenvalue weighted by Gasteiger charge is -2.11. The highest BCUT2D eigenvalue weighted by Crippen LogP contribution is 2.33. The highest BCUT2D eigenvalue weighted by Gasteiger charge is 2.17. The molecule has 0 saturated heterocycles. The first-order valence-corrected chi connectivity index (χ1v) is 12.0. The monoisotopic (exact) mass is 509 g/mol. The van der Waals surface area contributed by atoms with Gasteiger partial charge in [-0.3, -0.25) is 15.1 Å². The standard InChI is InChI=1S/C28H24FN7O2/c1-36(2)7-8-38-21-11-18(14-30-15-21)16-3-4-23-22(12-16)26(35-34-23)28-32-24-5-6-31-25(27(24)33-28)17-9-19(29)13-20(37)10-17/h3-6,9-15,37H,7-8H2,1-2H3,(H,32,33)(H,34,35). The maximum Gasteiger partial charge on any atom is 0.159 e. The predicted octanol–water partition coefficient (Wildman–Crippen LogP) is 5.02. The molecule has 0 radical (unpaired) electrons. The number of likely N-dealkylation sites (N-methyl/N-ethyl adjacent to an activating group) is 1. The molecule has 0 saturated carbocycles. The first-order chi connectivity index (χ1) is 18.4. The number of ether oxygens (including phenoxy) is 1. The van der Waals surface area contributed by atoms with Crippen LogP contribution >= 0.6 is 0 Å². The van der Waals surface area contributed by atoms with Gasteiger partial charge < -0.3 is 19.7 Å². The summed E-state index contributed by atoms with van der Waals surface area (Å²) < 4.78 is 19.8. The molecule has 2 aromatic carbocycles. The molecule has 0 aliphatic heterocycles. The quantitative estimate of drug-likeness (QED) is 0.277. The minimum Gasteiger partial charge on any atom is -0.508 e. The number of hydrogen-bond acceptors (Lipinski definition) is 7. The molecule has 0 aliphatic carbocycles. The fourth-order valence-electron chi connectivity index (χ4n) is 4.35. The van der Waals surface area contributed by atoms with Crippen LogP contribution in [0, 0.1) is 5.82 Å². The first-order valence-electron chi connectivity index (χ1n) is 12.0. The minimum atomic E-state index is -0.554. The number of halogens is 1. The van der Waals surface area contributed by atoms with E-state index in [9.17, 15) is 9.50 Å². The second-order valence-corrected chi connectivity index (χ2v) is 9.23. The van der Waals surface area contributed by atoms with Crippen LogP contribution in [0.15, 0.2) is 67.1 Å². The zero-order chi connectivity index (χ0) is 26.2. The number of pyridine rings is 2. The van der Waals surface area contributed by atoms with Crippen LogP contribution in [0.1, 0.15) is 0 Å². The van der Waals surface area contributed by atoms with Crippen LogP contribution in [0.25, 0.3) is 55.8 Å². The lowest BCUT2D eigenvalue weighted by Crippen LogP contribution is -2.19. The number of benzene rings is 2. The maximum atomic E-state index is 14.0. The van der Waals surface area contributed by atoms with Crippen LogP contribution in [0.2, 0.25) is 0 Å². The molecule has 0 atom stereocenters. The van der Waals surface area contributed by atoms with Crippen molar-refractivity contribution in [2.45, 2.75) is 0 Å². The molecule has 4 aromatic heterocycles. The highest BCUT2D eigenvalue weighted by molar-refractivity contribution is 5.97. The molecule has 0 spiro atoms. The van der Waals surface area contributed by atoms with Crippen molar-refractivity contribution in [2.75, 3.05) is 27.2 Å². The Morgan fingerprint density at radius 3 is 2.68 bits per heavy atom. The van der Waals surface area contributed by atoms with Gasteiger partial charge in [0.25, 0.3) is 0 Å². The third kappa shape index (κ3) is 4.53. The van der Waals surface area contributed by atoms with Gasteiger partial charge in [0.2, 0.25) is 0 Å². The third-order valence-corrected chi connectivity index (χ3v) is 6.20. The Balaban J connectivity index is 1.38. The van der Waals surface area contributed by atoms with E-state index in [0.29, 0.717) is 46.2 Å². The van der Waals surface area contributed by atoms with Crippen LogP contribution in [-0.4, -0.2) is 67.4 Å². The van der Waals surface area contributed by atoms with Gasteiger partial charge in [-0.2, -0.15) is 5.10 Å². The van der Waals surface area contributed by atoms with Gasteiger partial charge in [0, 0.05) is 41.5 Å². The fourth-order valence-corrected chi connectivity index (χ4v) is 4.35. The van der Waals surface area contributed by atoms with Gasteiger partial charge in [-0.15, -0.1) is 0 Å². The fraction of sp³-hybridized carbons (Fsp3) is 0.143. The van der Waals surface area contributed by atoms with Crippen molar-refractivity contribution in [3.8, 4) is 45.4 Å². The largest absolute Gasteiger partial charge is 0.508 e. The number of hydrogen-bond donors (Lipinski definition) is 3. The number of imidazole rings is 1. The van der Waals surface area contributed by atoms with E-state index < -0.39 is 5.82 Å². The molecule has 0 fully saturated rings. The molecule has 6 aromatic rings. The second-order valence-electron chi connectivity index (χ2n) is 9.23. The maximum absolute atomic E-state index is 14.0. The zero-order valence-electron chi connectivity index (χ0n) is 20.7.